The second-order valence-electron chi connectivity index (χ2n) is 6.31. The van der Waals surface area contributed by atoms with E-state index in [4.69, 9.17) is 4.99 Å². The van der Waals surface area contributed by atoms with Gasteiger partial charge < -0.3 is 10.6 Å². The van der Waals surface area contributed by atoms with Gasteiger partial charge in [-0.1, -0.05) is 12.1 Å². The molecule has 0 amide bonds. The maximum Gasteiger partial charge on any atom is 0.191 e. The van der Waals surface area contributed by atoms with E-state index in [-0.39, 0.29) is 35.2 Å². The highest BCUT2D eigenvalue weighted by molar-refractivity contribution is 14.0. The van der Waals surface area contributed by atoms with Gasteiger partial charge in [-0.05, 0) is 56.2 Å². The molecule has 2 aliphatic carbocycles. The van der Waals surface area contributed by atoms with Gasteiger partial charge in [-0.3, -0.25) is 4.99 Å². The van der Waals surface area contributed by atoms with Gasteiger partial charge >= 0.3 is 0 Å². The molecule has 122 valence electrons. The zero-order chi connectivity index (χ0) is 14.7. The van der Waals surface area contributed by atoms with Gasteiger partial charge in [-0.25, -0.2) is 4.39 Å². The van der Waals surface area contributed by atoms with E-state index >= 15 is 0 Å². The van der Waals surface area contributed by atoms with Crippen LogP contribution < -0.4 is 10.6 Å². The maximum atomic E-state index is 13.4. The highest BCUT2D eigenvalue weighted by atomic mass is 127. The molecule has 0 spiro atoms. The van der Waals surface area contributed by atoms with E-state index in [1.807, 2.05) is 6.07 Å². The third-order valence-corrected chi connectivity index (χ3v) is 4.43. The van der Waals surface area contributed by atoms with E-state index in [0.717, 1.165) is 49.9 Å². The predicted octanol–water partition coefficient (Wildman–Crippen LogP) is 3.44. The summed E-state index contributed by atoms with van der Waals surface area (Å²) in [5, 5.41) is 6.70. The molecule has 3 nitrogen and oxygen atoms in total. The third-order valence-electron chi connectivity index (χ3n) is 4.43. The Morgan fingerprint density at radius 1 is 1.32 bits per heavy atom. The molecule has 2 aliphatic rings. The Kier molecular flexibility index (Phi) is 6.06. The molecule has 2 N–H and O–H groups in total. The van der Waals surface area contributed by atoms with Crippen molar-refractivity contribution < 1.29 is 4.39 Å². The van der Waals surface area contributed by atoms with Gasteiger partial charge in [0.15, 0.2) is 5.96 Å². The number of aliphatic imine (C=N–C) groups is 1. The Balaban J connectivity index is 0.00000176. The van der Waals surface area contributed by atoms with Crippen LogP contribution >= 0.6 is 24.0 Å². The number of benzene rings is 1. The Labute approximate surface area is 149 Å². The van der Waals surface area contributed by atoms with E-state index < -0.39 is 0 Å². The Morgan fingerprint density at radius 2 is 2.09 bits per heavy atom. The molecule has 0 saturated heterocycles. The molecule has 0 aromatic heterocycles. The summed E-state index contributed by atoms with van der Waals surface area (Å²) in [6.07, 6.45) is 4.86. The van der Waals surface area contributed by atoms with Crippen LogP contribution in [0.25, 0.3) is 0 Å². The van der Waals surface area contributed by atoms with Crippen molar-refractivity contribution in [2.75, 3.05) is 19.6 Å². The second kappa shape index (κ2) is 7.62. The van der Waals surface area contributed by atoms with Crippen molar-refractivity contribution in [2.24, 2.45) is 10.9 Å². The summed E-state index contributed by atoms with van der Waals surface area (Å²) in [6, 6.07) is 6.98. The summed E-state index contributed by atoms with van der Waals surface area (Å²) >= 11 is 0. The lowest BCUT2D eigenvalue weighted by molar-refractivity contribution is 0.615. The summed E-state index contributed by atoms with van der Waals surface area (Å²) in [6.45, 7) is 4.69. The fraction of sp³-hybridized carbons (Fsp3) is 0.588. The van der Waals surface area contributed by atoms with Crippen LogP contribution in [0.15, 0.2) is 29.3 Å². The Hall–Kier alpha value is -0.850. The number of hydrogen-bond acceptors (Lipinski definition) is 1. The van der Waals surface area contributed by atoms with E-state index in [1.54, 1.807) is 12.1 Å². The van der Waals surface area contributed by atoms with Crippen LogP contribution in [0.1, 0.15) is 38.2 Å². The van der Waals surface area contributed by atoms with Gasteiger partial charge in [-0.15, -0.1) is 24.0 Å². The van der Waals surface area contributed by atoms with Gasteiger partial charge in [0.1, 0.15) is 5.82 Å². The van der Waals surface area contributed by atoms with Crippen molar-refractivity contribution in [1.29, 1.82) is 0 Å². The monoisotopic (exact) mass is 417 g/mol. The van der Waals surface area contributed by atoms with Gasteiger partial charge in [0.25, 0.3) is 0 Å². The maximum absolute atomic E-state index is 13.4. The summed E-state index contributed by atoms with van der Waals surface area (Å²) in [5.41, 5.74) is 1.15. The van der Waals surface area contributed by atoms with Crippen LogP contribution in [0, 0.1) is 11.7 Å². The molecule has 3 rings (SSSR count). The third kappa shape index (κ3) is 4.57. The van der Waals surface area contributed by atoms with E-state index in [2.05, 4.69) is 17.6 Å². The molecule has 0 unspecified atom stereocenters. The average Bonchev–Trinajstić information content (AvgIpc) is 3.37. The van der Waals surface area contributed by atoms with Crippen molar-refractivity contribution in [3.05, 3.63) is 35.6 Å². The van der Waals surface area contributed by atoms with Crippen LogP contribution in [0.5, 0.6) is 0 Å². The number of nitrogens with zero attached hydrogens (tertiary/aromatic N) is 1. The first kappa shape index (κ1) is 17.5. The van der Waals surface area contributed by atoms with Crippen molar-refractivity contribution in [3.63, 3.8) is 0 Å². The lowest BCUT2D eigenvalue weighted by atomic mass is 9.96. The molecular formula is C17H25FIN3. The zero-order valence-electron chi connectivity index (χ0n) is 13.1. The molecule has 0 heterocycles. The van der Waals surface area contributed by atoms with Crippen molar-refractivity contribution >= 4 is 29.9 Å². The molecule has 2 fully saturated rings. The second-order valence-corrected chi connectivity index (χ2v) is 6.31. The van der Waals surface area contributed by atoms with Crippen LogP contribution in [0.2, 0.25) is 0 Å². The normalized spacial score (nSPS) is 19.3. The number of nitrogens with one attached hydrogen (secondary N) is 2. The first-order valence-electron chi connectivity index (χ1n) is 8.00. The molecule has 5 heteroatoms. The number of hydrogen-bond donors (Lipinski definition) is 2. The Morgan fingerprint density at radius 3 is 2.68 bits per heavy atom. The number of guanidine groups is 1. The molecule has 0 atom stereocenters. The van der Waals surface area contributed by atoms with Crippen LogP contribution in [-0.2, 0) is 5.41 Å². The molecule has 22 heavy (non-hydrogen) atoms. The summed E-state index contributed by atoms with van der Waals surface area (Å²) < 4.78 is 13.4. The highest BCUT2D eigenvalue weighted by Gasteiger charge is 2.44. The minimum absolute atomic E-state index is 0. The van der Waals surface area contributed by atoms with Crippen LogP contribution in [0.4, 0.5) is 4.39 Å². The fourth-order valence-electron chi connectivity index (χ4n) is 2.64. The smallest absolute Gasteiger partial charge is 0.191 e. The quantitative estimate of drug-likeness (QED) is 0.423. The Bertz CT molecular complexity index is 524. The number of halogens is 2. The molecular weight excluding hydrogens is 392 g/mol. The number of rotatable bonds is 6. The first-order valence-corrected chi connectivity index (χ1v) is 8.00. The molecule has 0 radical (unpaired) electrons. The highest BCUT2D eigenvalue weighted by Crippen LogP contribution is 2.48. The first-order chi connectivity index (χ1) is 10.2. The largest absolute Gasteiger partial charge is 0.357 e. The van der Waals surface area contributed by atoms with Gasteiger partial charge in [-0.2, -0.15) is 0 Å². The molecule has 2 saturated carbocycles. The van der Waals surface area contributed by atoms with Gasteiger partial charge in [0.05, 0.1) is 6.54 Å². The molecule has 0 aliphatic heterocycles. The summed E-state index contributed by atoms with van der Waals surface area (Å²) in [4.78, 5) is 4.73. The van der Waals surface area contributed by atoms with Crippen molar-refractivity contribution in [2.45, 2.75) is 38.0 Å². The van der Waals surface area contributed by atoms with Crippen LogP contribution in [-0.4, -0.2) is 25.6 Å². The minimum atomic E-state index is -0.151. The zero-order valence-corrected chi connectivity index (χ0v) is 15.4. The van der Waals surface area contributed by atoms with Gasteiger partial charge in [0.2, 0.25) is 0 Å². The lowest BCUT2D eigenvalue weighted by Gasteiger charge is -2.16. The SMILES string of the molecule is CCNC(=NCC1(c2cccc(F)c2)CC1)NCC1CC1.I. The minimum Gasteiger partial charge on any atom is -0.357 e. The summed E-state index contributed by atoms with van der Waals surface area (Å²) in [7, 11) is 0. The summed E-state index contributed by atoms with van der Waals surface area (Å²) in [5.74, 6) is 1.57. The van der Waals surface area contributed by atoms with Crippen molar-refractivity contribution in [3.8, 4) is 0 Å². The van der Waals surface area contributed by atoms with E-state index in [0.29, 0.717) is 0 Å². The lowest BCUT2D eigenvalue weighted by Crippen LogP contribution is -2.39. The van der Waals surface area contributed by atoms with Crippen molar-refractivity contribution in [1.82, 2.24) is 10.6 Å². The van der Waals surface area contributed by atoms with E-state index in [9.17, 15) is 4.39 Å². The van der Waals surface area contributed by atoms with Crippen LogP contribution in [0.3, 0.4) is 0 Å². The predicted molar refractivity (Wildman–Crippen MR) is 99.4 cm³/mol. The molecule has 1 aromatic carbocycles. The molecule has 1 aromatic rings. The molecule has 0 bridgehead atoms. The average molecular weight is 417 g/mol. The topological polar surface area (TPSA) is 36.4 Å². The standard InChI is InChI=1S/C17H24FN3.HI/c1-2-19-16(20-11-13-6-7-13)21-12-17(8-9-17)14-4-3-5-15(18)10-14;/h3-5,10,13H,2,6-9,11-12H2,1H3,(H2,19,20,21);1H. The van der Waals surface area contributed by atoms with E-state index in [1.165, 1.54) is 18.9 Å². The fourth-order valence-corrected chi connectivity index (χ4v) is 2.64. The van der Waals surface area contributed by atoms with Gasteiger partial charge in [0, 0.05) is 18.5 Å².